The molecule has 0 radical (unpaired) electrons. The van der Waals surface area contributed by atoms with Crippen LogP contribution < -0.4 is 5.32 Å². The standard InChI is InChI=1S/C14H18ClNO/c1-2-4-11-8-13(11)16-14(17)12-6-3-5-10(7-12)9-15/h3,5-7,11,13H,2,4,8-9H2,1H3,(H,16,17). The van der Waals surface area contributed by atoms with Gasteiger partial charge in [0.1, 0.15) is 0 Å². The number of carbonyl (C=O) groups excluding carboxylic acids is 1. The summed E-state index contributed by atoms with van der Waals surface area (Å²) in [6.45, 7) is 2.18. The van der Waals surface area contributed by atoms with E-state index in [2.05, 4.69) is 12.2 Å². The zero-order valence-corrected chi connectivity index (χ0v) is 10.8. The Morgan fingerprint density at radius 3 is 3.06 bits per heavy atom. The van der Waals surface area contributed by atoms with Crippen LogP contribution in [-0.4, -0.2) is 11.9 Å². The van der Waals surface area contributed by atoms with Crippen LogP contribution in [0.15, 0.2) is 24.3 Å². The summed E-state index contributed by atoms with van der Waals surface area (Å²) in [5.74, 6) is 1.17. The summed E-state index contributed by atoms with van der Waals surface area (Å²) in [7, 11) is 0. The number of hydrogen-bond acceptors (Lipinski definition) is 1. The Hall–Kier alpha value is -1.02. The van der Waals surface area contributed by atoms with Gasteiger partial charge in [-0.1, -0.05) is 25.5 Å². The lowest BCUT2D eigenvalue weighted by Crippen LogP contribution is -2.26. The van der Waals surface area contributed by atoms with Gasteiger partial charge >= 0.3 is 0 Å². The summed E-state index contributed by atoms with van der Waals surface area (Å²) in [5, 5.41) is 3.07. The quantitative estimate of drug-likeness (QED) is 0.799. The summed E-state index contributed by atoms with van der Waals surface area (Å²) < 4.78 is 0. The van der Waals surface area contributed by atoms with Crippen molar-refractivity contribution in [2.24, 2.45) is 5.92 Å². The minimum atomic E-state index is 0.0283. The van der Waals surface area contributed by atoms with Gasteiger partial charge in [-0.05, 0) is 36.5 Å². The predicted molar refractivity (Wildman–Crippen MR) is 70.3 cm³/mol. The Bertz CT molecular complexity index is 405. The van der Waals surface area contributed by atoms with Crippen molar-refractivity contribution in [3.8, 4) is 0 Å². The smallest absolute Gasteiger partial charge is 0.251 e. The van der Waals surface area contributed by atoms with Crippen molar-refractivity contribution >= 4 is 17.5 Å². The third kappa shape index (κ3) is 3.22. The lowest BCUT2D eigenvalue weighted by Gasteiger charge is -2.05. The van der Waals surface area contributed by atoms with Gasteiger partial charge in [0.15, 0.2) is 0 Å². The van der Waals surface area contributed by atoms with E-state index >= 15 is 0 Å². The summed E-state index contributed by atoms with van der Waals surface area (Å²) in [6.07, 6.45) is 3.54. The molecule has 2 atom stereocenters. The summed E-state index contributed by atoms with van der Waals surface area (Å²) in [6, 6.07) is 7.90. The van der Waals surface area contributed by atoms with Crippen LogP contribution in [0.2, 0.25) is 0 Å². The Kier molecular flexibility index (Phi) is 4.06. The third-order valence-electron chi connectivity index (χ3n) is 3.24. The average molecular weight is 252 g/mol. The molecular weight excluding hydrogens is 234 g/mol. The van der Waals surface area contributed by atoms with Crippen LogP contribution in [0.1, 0.15) is 42.1 Å². The van der Waals surface area contributed by atoms with Crippen LogP contribution >= 0.6 is 11.6 Å². The fourth-order valence-electron chi connectivity index (χ4n) is 2.16. The molecule has 1 saturated carbocycles. The molecule has 17 heavy (non-hydrogen) atoms. The van der Waals surface area contributed by atoms with E-state index in [1.54, 1.807) is 0 Å². The molecule has 2 nitrogen and oxygen atoms in total. The van der Waals surface area contributed by atoms with Crippen LogP contribution in [-0.2, 0) is 5.88 Å². The van der Waals surface area contributed by atoms with Crippen LogP contribution in [0.4, 0.5) is 0 Å². The molecule has 0 spiro atoms. The fourth-order valence-corrected chi connectivity index (χ4v) is 2.33. The Morgan fingerprint density at radius 2 is 2.35 bits per heavy atom. The molecule has 1 aromatic rings. The number of alkyl halides is 1. The first-order valence-corrected chi connectivity index (χ1v) is 6.73. The third-order valence-corrected chi connectivity index (χ3v) is 3.55. The van der Waals surface area contributed by atoms with E-state index in [1.165, 1.54) is 12.8 Å². The van der Waals surface area contributed by atoms with Crippen molar-refractivity contribution in [1.29, 1.82) is 0 Å². The van der Waals surface area contributed by atoms with Gasteiger partial charge in [0.05, 0.1) is 0 Å². The molecule has 0 bridgehead atoms. The first kappa shape index (κ1) is 12.4. The number of rotatable bonds is 5. The van der Waals surface area contributed by atoms with Crippen LogP contribution in [0.25, 0.3) is 0 Å². The predicted octanol–water partition coefficient (Wildman–Crippen LogP) is 3.34. The van der Waals surface area contributed by atoms with Crippen LogP contribution in [0, 0.1) is 5.92 Å². The summed E-state index contributed by atoms with van der Waals surface area (Å²) in [5.41, 5.74) is 1.70. The number of nitrogens with one attached hydrogen (secondary N) is 1. The Labute approximate surface area is 107 Å². The van der Waals surface area contributed by atoms with Crippen molar-refractivity contribution in [2.75, 3.05) is 0 Å². The van der Waals surface area contributed by atoms with Gasteiger partial charge in [0.25, 0.3) is 5.91 Å². The van der Waals surface area contributed by atoms with E-state index in [4.69, 9.17) is 11.6 Å². The van der Waals surface area contributed by atoms with Gasteiger partial charge < -0.3 is 5.32 Å². The van der Waals surface area contributed by atoms with Crippen LogP contribution in [0.5, 0.6) is 0 Å². The number of benzene rings is 1. The second kappa shape index (κ2) is 5.54. The molecular formula is C14H18ClNO. The molecule has 1 aliphatic carbocycles. The van der Waals surface area contributed by atoms with Gasteiger partial charge in [-0.25, -0.2) is 0 Å². The lowest BCUT2D eigenvalue weighted by atomic mass is 10.1. The van der Waals surface area contributed by atoms with Crippen molar-refractivity contribution in [2.45, 2.75) is 38.1 Å². The van der Waals surface area contributed by atoms with E-state index in [0.717, 1.165) is 12.0 Å². The SMILES string of the molecule is CCCC1CC1NC(=O)c1cccc(CCl)c1. The Balaban J connectivity index is 1.91. The molecule has 0 heterocycles. The molecule has 1 aromatic carbocycles. The molecule has 2 unspecified atom stereocenters. The first-order chi connectivity index (χ1) is 8.24. The molecule has 1 fully saturated rings. The highest BCUT2D eigenvalue weighted by atomic mass is 35.5. The number of halogens is 1. The largest absolute Gasteiger partial charge is 0.349 e. The van der Waals surface area contributed by atoms with E-state index in [0.29, 0.717) is 23.4 Å². The highest BCUT2D eigenvalue weighted by molar-refractivity contribution is 6.17. The van der Waals surface area contributed by atoms with E-state index in [-0.39, 0.29) is 5.91 Å². The topological polar surface area (TPSA) is 29.1 Å². The minimum Gasteiger partial charge on any atom is -0.349 e. The minimum absolute atomic E-state index is 0.0283. The Morgan fingerprint density at radius 1 is 1.53 bits per heavy atom. The number of hydrogen-bond donors (Lipinski definition) is 1. The molecule has 92 valence electrons. The summed E-state index contributed by atoms with van der Waals surface area (Å²) in [4.78, 5) is 12.0. The van der Waals surface area contributed by atoms with Crippen molar-refractivity contribution in [3.63, 3.8) is 0 Å². The van der Waals surface area contributed by atoms with Gasteiger partial charge in [-0.15, -0.1) is 11.6 Å². The van der Waals surface area contributed by atoms with Crippen molar-refractivity contribution in [1.82, 2.24) is 5.32 Å². The molecule has 3 heteroatoms. The monoisotopic (exact) mass is 251 g/mol. The van der Waals surface area contributed by atoms with Gasteiger partial charge in [0.2, 0.25) is 0 Å². The molecule has 1 N–H and O–H groups in total. The van der Waals surface area contributed by atoms with Gasteiger partial charge in [0, 0.05) is 17.5 Å². The normalized spacial score (nSPS) is 22.2. The zero-order valence-electron chi connectivity index (χ0n) is 10.1. The van der Waals surface area contributed by atoms with E-state index in [1.807, 2.05) is 24.3 Å². The molecule has 2 rings (SSSR count). The lowest BCUT2D eigenvalue weighted by molar-refractivity contribution is 0.0948. The zero-order chi connectivity index (χ0) is 12.3. The molecule has 0 saturated heterocycles. The maximum atomic E-state index is 12.0. The molecule has 1 aliphatic rings. The van der Waals surface area contributed by atoms with Crippen LogP contribution in [0.3, 0.4) is 0 Å². The second-order valence-electron chi connectivity index (χ2n) is 4.70. The fraction of sp³-hybridized carbons (Fsp3) is 0.500. The van der Waals surface area contributed by atoms with Gasteiger partial charge in [-0.3, -0.25) is 4.79 Å². The average Bonchev–Trinajstić information content (AvgIpc) is 3.08. The van der Waals surface area contributed by atoms with E-state index < -0.39 is 0 Å². The second-order valence-corrected chi connectivity index (χ2v) is 4.97. The van der Waals surface area contributed by atoms with Crippen molar-refractivity contribution < 1.29 is 4.79 Å². The molecule has 1 amide bonds. The first-order valence-electron chi connectivity index (χ1n) is 6.20. The maximum Gasteiger partial charge on any atom is 0.251 e. The molecule has 0 aliphatic heterocycles. The highest BCUT2D eigenvalue weighted by Gasteiger charge is 2.37. The summed E-state index contributed by atoms with van der Waals surface area (Å²) >= 11 is 5.75. The molecule has 0 aromatic heterocycles. The number of carbonyl (C=O) groups is 1. The van der Waals surface area contributed by atoms with Crippen molar-refractivity contribution in [3.05, 3.63) is 35.4 Å². The maximum absolute atomic E-state index is 12.0. The highest BCUT2D eigenvalue weighted by Crippen LogP contribution is 2.34. The number of amides is 1. The van der Waals surface area contributed by atoms with E-state index in [9.17, 15) is 4.79 Å². The van der Waals surface area contributed by atoms with Gasteiger partial charge in [-0.2, -0.15) is 0 Å².